The predicted molar refractivity (Wildman–Crippen MR) is 103 cm³/mol. The molecular weight excluding hydrogens is 393 g/mol. The van der Waals surface area contributed by atoms with E-state index in [1.807, 2.05) is 11.8 Å². The standard InChI is InChI=1S/C15H31N5O.HI/c1-6-14(21)20-9-7-13(11-20)18-15(16-4)17-8-10-19(5)12(2)3;/h12-13H,6-11H2,1-5H3,(H2,16,17,18);1H. The van der Waals surface area contributed by atoms with E-state index in [2.05, 4.69) is 41.4 Å². The lowest BCUT2D eigenvalue weighted by Gasteiger charge is -2.22. The van der Waals surface area contributed by atoms with Crippen molar-refractivity contribution in [3.8, 4) is 0 Å². The molecule has 0 saturated carbocycles. The van der Waals surface area contributed by atoms with Crippen molar-refractivity contribution in [2.24, 2.45) is 4.99 Å². The molecule has 0 aromatic carbocycles. The van der Waals surface area contributed by atoms with Gasteiger partial charge in [-0.2, -0.15) is 0 Å². The van der Waals surface area contributed by atoms with Crippen molar-refractivity contribution < 1.29 is 4.79 Å². The van der Waals surface area contributed by atoms with Gasteiger partial charge in [0.25, 0.3) is 0 Å². The zero-order chi connectivity index (χ0) is 15.8. The quantitative estimate of drug-likeness (QED) is 0.381. The summed E-state index contributed by atoms with van der Waals surface area (Å²) in [6, 6.07) is 0.847. The molecule has 1 saturated heterocycles. The highest BCUT2D eigenvalue weighted by Crippen LogP contribution is 2.10. The first-order valence-corrected chi connectivity index (χ1v) is 7.93. The van der Waals surface area contributed by atoms with Crippen molar-refractivity contribution >= 4 is 35.8 Å². The van der Waals surface area contributed by atoms with E-state index >= 15 is 0 Å². The van der Waals surface area contributed by atoms with Crippen LogP contribution < -0.4 is 10.6 Å². The fraction of sp³-hybridized carbons (Fsp3) is 0.867. The van der Waals surface area contributed by atoms with E-state index in [1.54, 1.807) is 7.05 Å². The fourth-order valence-corrected chi connectivity index (χ4v) is 2.33. The Kier molecular flexibility index (Phi) is 10.8. The monoisotopic (exact) mass is 425 g/mol. The average Bonchev–Trinajstić information content (AvgIpc) is 2.93. The maximum atomic E-state index is 11.7. The maximum Gasteiger partial charge on any atom is 0.222 e. The lowest BCUT2D eigenvalue weighted by molar-refractivity contribution is -0.129. The molecule has 0 radical (unpaired) electrons. The van der Waals surface area contributed by atoms with E-state index in [0.717, 1.165) is 38.6 Å². The molecule has 22 heavy (non-hydrogen) atoms. The van der Waals surface area contributed by atoms with Crippen LogP contribution in [0.4, 0.5) is 0 Å². The second kappa shape index (κ2) is 11.0. The van der Waals surface area contributed by atoms with Crippen LogP contribution in [0, 0.1) is 0 Å². The third-order valence-corrected chi connectivity index (χ3v) is 4.05. The first-order valence-electron chi connectivity index (χ1n) is 7.93. The number of nitrogens with one attached hydrogen (secondary N) is 2. The van der Waals surface area contributed by atoms with Gasteiger partial charge in [0.05, 0.1) is 0 Å². The summed E-state index contributed by atoms with van der Waals surface area (Å²) in [6.45, 7) is 9.74. The van der Waals surface area contributed by atoms with Crippen molar-refractivity contribution in [2.45, 2.75) is 45.7 Å². The topological polar surface area (TPSA) is 60.0 Å². The van der Waals surface area contributed by atoms with Gasteiger partial charge in [0, 0.05) is 51.7 Å². The molecule has 7 heteroatoms. The number of hydrogen-bond donors (Lipinski definition) is 2. The summed E-state index contributed by atoms with van der Waals surface area (Å²) in [5.41, 5.74) is 0. The molecule has 2 N–H and O–H groups in total. The number of amides is 1. The van der Waals surface area contributed by atoms with Crippen LogP contribution in [0.3, 0.4) is 0 Å². The molecule has 0 spiro atoms. The van der Waals surface area contributed by atoms with Crippen LogP contribution in [0.5, 0.6) is 0 Å². The van der Waals surface area contributed by atoms with E-state index in [1.165, 1.54) is 0 Å². The van der Waals surface area contributed by atoms with E-state index in [4.69, 9.17) is 0 Å². The van der Waals surface area contributed by atoms with Crippen LogP contribution in [0.1, 0.15) is 33.6 Å². The van der Waals surface area contributed by atoms with Gasteiger partial charge in [0.15, 0.2) is 5.96 Å². The number of carbonyl (C=O) groups is 1. The van der Waals surface area contributed by atoms with E-state index < -0.39 is 0 Å². The number of guanidine groups is 1. The van der Waals surface area contributed by atoms with Gasteiger partial charge in [-0.3, -0.25) is 9.79 Å². The summed E-state index contributed by atoms with van der Waals surface area (Å²) in [4.78, 5) is 20.1. The first-order chi connectivity index (χ1) is 9.97. The highest BCUT2D eigenvalue weighted by Gasteiger charge is 2.25. The molecule has 1 fully saturated rings. The van der Waals surface area contributed by atoms with Gasteiger partial charge in [-0.15, -0.1) is 24.0 Å². The van der Waals surface area contributed by atoms with E-state index in [-0.39, 0.29) is 29.9 Å². The molecule has 1 amide bonds. The van der Waals surface area contributed by atoms with Gasteiger partial charge in [0.2, 0.25) is 5.91 Å². The molecule has 130 valence electrons. The summed E-state index contributed by atoms with van der Waals surface area (Å²) in [5, 5.41) is 6.74. The third-order valence-electron chi connectivity index (χ3n) is 4.05. The predicted octanol–water partition coefficient (Wildman–Crippen LogP) is 1.12. The van der Waals surface area contributed by atoms with Gasteiger partial charge >= 0.3 is 0 Å². The Balaban J connectivity index is 0.00000441. The largest absolute Gasteiger partial charge is 0.355 e. The number of nitrogens with zero attached hydrogens (tertiary/aromatic N) is 3. The normalized spacial score (nSPS) is 18.6. The molecule has 1 aliphatic heterocycles. The second-order valence-electron chi connectivity index (χ2n) is 5.90. The molecule has 1 rings (SSSR count). The van der Waals surface area contributed by atoms with Crippen molar-refractivity contribution in [1.29, 1.82) is 0 Å². The van der Waals surface area contributed by atoms with Gasteiger partial charge < -0.3 is 20.4 Å². The summed E-state index contributed by atoms with van der Waals surface area (Å²) in [7, 11) is 3.90. The molecule has 1 atom stereocenters. The Hall–Kier alpha value is -0.570. The van der Waals surface area contributed by atoms with Crippen molar-refractivity contribution in [3.63, 3.8) is 0 Å². The number of aliphatic imine (C=N–C) groups is 1. The Labute approximate surface area is 152 Å². The van der Waals surface area contributed by atoms with Gasteiger partial charge in [-0.1, -0.05) is 6.92 Å². The lowest BCUT2D eigenvalue weighted by atomic mass is 10.3. The number of carbonyl (C=O) groups excluding carboxylic acids is 1. The van der Waals surface area contributed by atoms with Crippen LogP contribution in [0.2, 0.25) is 0 Å². The molecule has 0 aliphatic carbocycles. The number of halogens is 1. The minimum absolute atomic E-state index is 0. The van der Waals surface area contributed by atoms with E-state index in [9.17, 15) is 4.79 Å². The van der Waals surface area contributed by atoms with E-state index in [0.29, 0.717) is 18.5 Å². The van der Waals surface area contributed by atoms with Crippen LogP contribution >= 0.6 is 24.0 Å². The van der Waals surface area contributed by atoms with Crippen LogP contribution in [0.15, 0.2) is 4.99 Å². The summed E-state index contributed by atoms with van der Waals surface area (Å²) in [6.07, 6.45) is 1.57. The summed E-state index contributed by atoms with van der Waals surface area (Å²) >= 11 is 0. The highest BCUT2D eigenvalue weighted by molar-refractivity contribution is 14.0. The minimum Gasteiger partial charge on any atom is -0.355 e. The van der Waals surface area contributed by atoms with Crippen LogP contribution in [-0.4, -0.2) is 74.0 Å². The van der Waals surface area contributed by atoms with Crippen molar-refractivity contribution in [2.75, 3.05) is 40.3 Å². The van der Waals surface area contributed by atoms with Crippen molar-refractivity contribution in [3.05, 3.63) is 0 Å². The average molecular weight is 425 g/mol. The molecule has 6 nitrogen and oxygen atoms in total. The number of rotatable bonds is 6. The summed E-state index contributed by atoms with van der Waals surface area (Å²) < 4.78 is 0. The third kappa shape index (κ3) is 7.13. The lowest BCUT2D eigenvalue weighted by Crippen LogP contribution is -2.47. The smallest absolute Gasteiger partial charge is 0.222 e. The summed E-state index contributed by atoms with van der Waals surface area (Å²) in [5.74, 6) is 1.06. The Morgan fingerprint density at radius 2 is 2.14 bits per heavy atom. The molecule has 0 aromatic heterocycles. The molecule has 1 aliphatic rings. The van der Waals surface area contributed by atoms with Gasteiger partial charge in [0.1, 0.15) is 0 Å². The maximum absolute atomic E-state index is 11.7. The minimum atomic E-state index is 0. The second-order valence-corrected chi connectivity index (χ2v) is 5.90. The molecule has 1 heterocycles. The SMILES string of the molecule is CCC(=O)N1CCC(NC(=NC)NCCN(C)C(C)C)C1.I. The molecule has 0 aromatic rings. The Bertz CT molecular complexity index is 362. The highest BCUT2D eigenvalue weighted by atomic mass is 127. The fourth-order valence-electron chi connectivity index (χ4n) is 2.33. The Morgan fingerprint density at radius 3 is 2.68 bits per heavy atom. The molecule has 1 unspecified atom stereocenters. The van der Waals surface area contributed by atoms with Crippen LogP contribution in [-0.2, 0) is 4.79 Å². The zero-order valence-electron chi connectivity index (χ0n) is 14.6. The Morgan fingerprint density at radius 1 is 1.45 bits per heavy atom. The molecule has 0 bridgehead atoms. The zero-order valence-corrected chi connectivity index (χ0v) is 16.9. The van der Waals surface area contributed by atoms with Gasteiger partial charge in [-0.25, -0.2) is 0 Å². The van der Waals surface area contributed by atoms with Crippen LogP contribution in [0.25, 0.3) is 0 Å². The number of likely N-dealkylation sites (N-methyl/N-ethyl adjacent to an activating group) is 1. The first kappa shape index (κ1) is 21.4. The van der Waals surface area contributed by atoms with Gasteiger partial charge in [-0.05, 0) is 27.3 Å². The van der Waals surface area contributed by atoms with Crippen molar-refractivity contribution in [1.82, 2.24) is 20.4 Å². The number of hydrogen-bond acceptors (Lipinski definition) is 3. The number of likely N-dealkylation sites (tertiary alicyclic amines) is 1. The molecular formula is C15H32IN5O.